The standard InChI is InChI=1S/C14H20O2/c1-11-4-6-12(7-5-11)8-9-13(15)10-14(2,3)16/h4-7,16H,8-10H2,1-3H3. The van der Waals surface area contributed by atoms with Crippen molar-refractivity contribution in [1.82, 2.24) is 0 Å². The van der Waals surface area contributed by atoms with Gasteiger partial charge in [0.15, 0.2) is 0 Å². The number of benzene rings is 1. The van der Waals surface area contributed by atoms with Crippen LogP contribution in [0.2, 0.25) is 0 Å². The van der Waals surface area contributed by atoms with Gasteiger partial charge in [-0.1, -0.05) is 29.8 Å². The van der Waals surface area contributed by atoms with E-state index in [0.717, 1.165) is 6.42 Å². The highest BCUT2D eigenvalue weighted by atomic mass is 16.3. The van der Waals surface area contributed by atoms with Crippen LogP contribution in [0, 0.1) is 6.92 Å². The van der Waals surface area contributed by atoms with Crippen molar-refractivity contribution in [3.8, 4) is 0 Å². The molecule has 0 bridgehead atoms. The van der Waals surface area contributed by atoms with Crippen molar-refractivity contribution in [1.29, 1.82) is 0 Å². The molecule has 0 fully saturated rings. The van der Waals surface area contributed by atoms with Gasteiger partial charge < -0.3 is 5.11 Å². The third-order valence-corrected chi connectivity index (χ3v) is 2.44. The molecular weight excluding hydrogens is 200 g/mol. The second-order valence-corrected chi connectivity index (χ2v) is 5.01. The fourth-order valence-corrected chi connectivity index (χ4v) is 1.61. The highest BCUT2D eigenvalue weighted by Gasteiger charge is 2.17. The lowest BCUT2D eigenvalue weighted by Crippen LogP contribution is -2.23. The van der Waals surface area contributed by atoms with Crippen molar-refractivity contribution < 1.29 is 9.90 Å². The quantitative estimate of drug-likeness (QED) is 0.828. The monoisotopic (exact) mass is 220 g/mol. The molecule has 88 valence electrons. The van der Waals surface area contributed by atoms with Crippen molar-refractivity contribution in [2.75, 3.05) is 0 Å². The molecule has 0 unspecified atom stereocenters. The van der Waals surface area contributed by atoms with Crippen molar-refractivity contribution in [2.45, 2.75) is 45.6 Å². The number of rotatable bonds is 5. The van der Waals surface area contributed by atoms with Crippen LogP contribution in [0.5, 0.6) is 0 Å². The van der Waals surface area contributed by atoms with Gasteiger partial charge >= 0.3 is 0 Å². The average molecular weight is 220 g/mol. The highest BCUT2D eigenvalue weighted by molar-refractivity contribution is 5.79. The van der Waals surface area contributed by atoms with Crippen LogP contribution < -0.4 is 0 Å². The van der Waals surface area contributed by atoms with Crippen LogP contribution in [0.3, 0.4) is 0 Å². The van der Waals surface area contributed by atoms with Gasteiger partial charge in [0, 0.05) is 12.8 Å². The lowest BCUT2D eigenvalue weighted by Gasteiger charge is -2.15. The first-order valence-electron chi connectivity index (χ1n) is 5.66. The molecule has 1 aromatic rings. The Balaban J connectivity index is 2.40. The van der Waals surface area contributed by atoms with E-state index in [2.05, 4.69) is 12.1 Å². The number of aryl methyl sites for hydroxylation is 2. The van der Waals surface area contributed by atoms with Gasteiger partial charge in [0.2, 0.25) is 0 Å². The summed E-state index contributed by atoms with van der Waals surface area (Å²) in [6, 6.07) is 8.20. The maximum Gasteiger partial charge on any atom is 0.136 e. The van der Waals surface area contributed by atoms with Crippen molar-refractivity contribution in [2.24, 2.45) is 0 Å². The van der Waals surface area contributed by atoms with Crippen LogP contribution >= 0.6 is 0 Å². The maximum atomic E-state index is 11.5. The molecule has 0 atom stereocenters. The lowest BCUT2D eigenvalue weighted by atomic mass is 9.98. The predicted octanol–water partition coefficient (Wildman–Crippen LogP) is 2.66. The molecule has 2 nitrogen and oxygen atoms in total. The lowest BCUT2D eigenvalue weighted by molar-refractivity contribution is -0.122. The Morgan fingerprint density at radius 1 is 1.25 bits per heavy atom. The Morgan fingerprint density at radius 3 is 2.31 bits per heavy atom. The molecule has 0 aliphatic carbocycles. The van der Waals surface area contributed by atoms with Gasteiger partial charge in [-0.2, -0.15) is 0 Å². The summed E-state index contributed by atoms with van der Waals surface area (Å²) >= 11 is 0. The molecule has 0 heterocycles. The number of aliphatic hydroxyl groups is 1. The summed E-state index contributed by atoms with van der Waals surface area (Å²) in [6.07, 6.45) is 1.50. The average Bonchev–Trinajstić information content (AvgIpc) is 2.14. The molecule has 0 spiro atoms. The van der Waals surface area contributed by atoms with Crippen LogP contribution in [0.4, 0.5) is 0 Å². The first-order chi connectivity index (χ1) is 7.37. The van der Waals surface area contributed by atoms with Gasteiger partial charge in [-0.05, 0) is 32.8 Å². The zero-order chi connectivity index (χ0) is 12.2. The van der Waals surface area contributed by atoms with Crippen molar-refractivity contribution in [3.63, 3.8) is 0 Å². The minimum Gasteiger partial charge on any atom is -0.390 e. The maximum absolute atomic E-state index is 11.5. The third kappa shape index (κ3) is 5.08. The van der Waals surface area contributed by atoms with E-state index >= 15 is 0 Å². The molecule has 0 amide bonds. The van der Waals surface area contributed by atoms with Crippen LogP contribution in [-0.2, 0) is 11.2 Å². The summed E-state index contributed by atoms with van der Waals surface area (Å²) < 4.78 is 0. The second kappa shape index (κ2) is 5.26. The van der Waals surface area contributed by atoms with Gasteiger partial charge in [-0.15, -0.1) is 0 Å². The summed E-state index contributed by atoms with van der Waals surface area (Å²) in [5.41, 5.74) is 1.52. The molecule has 0 saturated heterocycles. The van der Waals surface area contributed by atoms with E-state index in [1.54, 1.807) is 13.8 Å². The molecule has 16 heavy (non-hydrogen) atoms. The number of carbonyl (C=O) groups is 1. The summed E-state index contributed by atoms with van der Waals surface area (Å²) in [7, 11) is 0. The Labute approximate surface area is 97.3 Å². The van der Waals surface area contributed by atoms with E-state index in [9.17, 15) is 9.90 Å². The second-order valence-electron chi connectivity index (χ2n) is 5.01. The third-order valence-electron chi connectivity index (χ3n) is 2.44. The summed E-state index contributed by atoms with van der Waals surface area (Å²) in [4.78, 5) is 11.5. The van der Waals surface area contributed by atoms with E-state index in [0.29, 0.717) is 6.42 Å². The van der Waals surface area contributed by atoms with Gasteiger partial charge in [-0.25, -0.2) is 0 Å². The zero-order valence-electron chi connectivity index (χ0n) is 10.3. The Morgan fingerprint density at radius 2 is 1.81 bits per heavy atom. The molecule has 2 heteroatoms. The van der Waals surface area contributed by atoms with Gasteiger partial charge in [0.1, 0.15) is 5.78 Å². The van der Waals surface area contributed by atoms with Gasteiger partial charge in [0.05, 0.1) is 5.60 Å². The summed E-state index contributed by atoms with van der Waals surface area (Å²) in [5, 5.41) is 9.50. The molecule has 0 radical (unpaired) electrons. The minimum atomic E-state index is -0.885. The Kier molecular flexibility index (Phi) is 4.25. The predicted molar refractivity (Wildman–Crippen MR) is 65.4 cm³/mol. The molecule has 1 rings (SSSR count). The zero-order valence-corrected chi connectivity index (χ0v) is 10.3. The molecule has 1 aromatic carbocycles. The van der Waals surface area contributed by atoms with E-state index in [1.807, 2.05) is 19.1 Å². The van der Waals surface area contributed by atoms with Crippen LogP contribution in [0.25, 0.3) is 0 Å². The van der Waals surface area contributed by atoms with E-state index < -0.39 is 5.60 Å². The fraction of sp³-hybridized carbons (Fsp3) is 0.500. The summed E-state index contributed by atoms with van der Waals surface area (Å²) in [5.74, 6) is 0.119. The van der Waals surface area contributed by atoms with Crippen LogP contribution in [0.15, 0.2) is 24.3 Å². The Bertz CT molecular complexity index is 344. The fourth-order valence-electron chi connectivity index (χ4n) is 1.61. The van der Waals surface area contributed by atoms with Crippen LogP contribution in [-0.4, -0.2) is 16.5 Å². The van der Waals surface area contributed by atoms with Gasteiger partial charge in [-0.3, -0.25) is 4.79 Å². The first-order valence-corrected chi connectivity index (χ1v) is 5.66. The Hall–Kier alpha value is -1.15. The number of hydrogen-bond acceptors (Lipinski definition) is 2. The van der Waals surface area contributed by atoms with Crippen molar-refractivity contribution >= 4 is 5.78 Å². The van der Waals surface area contributed by atoms with E-state index in [1.165, 1.54) is 11.1 Å². The number of Topliss-reactive ketones (excluding diaryl/α,β-unsaturated/α-hetero) is 1. The SMILES string of the molecule is Cc1ccc(CCC(=O)CC(C)(C)O)cc1. The topological polar surface area (TPSA) is 37.3 Å². The smallest absolute Gasteiger partial charge is 0.136 e. The van der Waals surface area contributed by atoms with Gasteiger partial charge in [0.25, 0.3) is 0 Å². The normalized spacial score (nSPS) is 11.5. The molecule has 0 aromatic heterocycles. The molecule has 0 aliphatic rings. The van der Waals surface area contributed by atoms with Crippen molar-refractivity contribution in [3.05, 3.63) is 35.4 Å². The molecule has 0 saturated carbocycles. The van der Waals surface area contributed by atoms with Crippen LogP contribution in [0.1, 0.15) is 37.8 Å². The highest BCUT2D eigenvalue weighted by Crippen LogP contribution is 2.12. The number of hydrogen-bond donors (Lipinski definition) is 1. The number of ketones is 1. The summed E-state index contributed by atoms with van der Waals surface area (Å²) in [6.45, 7) is 5.37. The molecule has 1 N–H and O–H groups in total. The molecular formula is C14H20O2. The number of carbonyl (C=O) groups excluding carboxylic acids is 1. The van der Waals surface area contributed by atoms with E-state index in [4.69, 9.17) is 0 Å². The first kappa shape index (κ1) is 12.9. The van der Waals surface area contributed by atoms with E-state index in [-0.39, 0.29) is 12.2 Å². The largest absolute Gasteiger partial charge is 0.390 e. The minimum absolute atomic E-state index is 0.119. The molecule has 0 aliphatic heterocycles.